The number of aryl methyl sites for hydroxylation is 1. The van der Waals surface area contributed by atoms with Crippen molar-refractivity contribution in [3.8, 4) is 0 Å². The Kier molecular flexibility index (Phi) is 2.93. The molecule has 0 fully saturated rings. The molecule has 1 aromatic carbocycles. The van der Waals surface area contributed by atoms with Crippen LogP contribution in [0.1, 0.15) is 34.8 Å². The van der Waals surface area contributed by atoms with Gasteiger partial charge in [0, 0.05) is 5.56 Å². The molecule has 0 saturated heterocycles. The number of rotatable bonds is 2. The maximum atomic E-state index is 13.2. The molecule has 76 valence electrons. The molecule has 0 saturated carbocycles. The van der Waals surface area contributed by atoms with E-state index in [4.69, 9.17) is 0 Å². The second kappa shape index (κ2) is 3.82. The van der Waals surface area contributed by atoms with Gasteiger partial charge in [-0.15, -0.1) is 0 Å². The highest BCUT2D eigenvalue weighted by Gasteiger charge is 2.16. The lowest BCUT2D eigenvalue weighted by molar-refractivity contribution is 0.101. The molecule has 1 nitrogen and oxygen atoms in total. The molecule has 0 aromatic heterocycles. The highest BCUT2D eigenvalue weighted by molar-refractivity contribution is 5.95. The summed E-state index contributed by atoms with van der Waals surface area (Å²) in [5.41, 5.74) is -0.271. The SMILES string of the molecule is CC(=O)c1c(C)cc(C(F)F)cc1F. The zero-order valence-electron chi connectivity index (χ0n) is 7.77. The van der Waals surface area contributed by atoms with E-state index in [1.54, 1.807) is 0 Å². The van der Waals surface area contributed by atoms with E-state index in [0.29, 0.717) is 6.07 Å². The summed E-state index contributed by atoms with van der Waals surface area (Å²) in [5.74, 6) is -1.34. The summed E-state index contributed by atoms with van der Waals surface area (Å²) >= 11 is 0. The molecule has 1 rings (SSSR count). The first-order valence-corrected chi connectivity index (χ1v) is 4.02. The monoisotopic (exact) mass is 202 g/mol. The molecule has 0 bridgehead atoms. The first-order valence-electron chi connectivity index (χ1n) is 4.02. The van der Waals surface area contributed by atoms with E-state index >= 15 is 0 Å². The Labute approximate surface area is 79.5 Å². The van der Waals surface area contributed by atoms with E-state index in [0.717, 1.165) is 6.07 Å². The second-order valence-electron chi connectivity index (χ2n) is 3.05. The third-order valence-electron chi connectivity index (χ3n) is 1.91. The van der Waals surface area contributed by atoms with E-state index in [-0.39, 0.29) is 11.1 Å². The van der Waals surface area contributed by atoms with Crippen molar-refractivity contribution in [3.63, 3.8) is 0 Å². The number of carbonyl (C=O) groups is 1. The van der Waals surface area contributed by atoms with Gasteiger partial charge in [0.2, 0.25) is 0 Å². The standard InChI is InChI=1S/C10H9F3O/c1-5-3-7(10(12)13)4-8(11)9(5)6(2)14/h3-4,10H,1-2H3. The van der Waals surface area contributed by atoms with Gasteiger partial charge in [-0.25, -0.2) is 13.2 Å². The van der Waals surface area contributed by atoms with Gasteiger partial charge in [0.1, 0.15) is 5.82 Å². The Morgan fingerprint density at radius 3 is 2.29 bits per heavy atom. The van der Waals surface area contributed by atoms with Gasteiger partial charge in [0.05, 0.1) is 5.56 Å². The van der Waals surface area contributed by atoms with Crippen molar-refractivity contribution in [2.45, 2.75) is 20.3 Å². The average Bonchev–Trinajstić information content (AvgIpc) is 2.01. The van der Waals surface area contributed by atoms with E-state index in [1.165, 1.54) is 13.8 Å². The van der Waals surface area contributed by atoms with Crippen LogP contribution in [0.2, 0.25) is 0 Å². The maximum absolute atomic E-state index is 13.2. The molecule has 0 unspecified atom stereocenters. The molecule has 0 aliphatic rings. The molecule has 0 amide bonds. The van der Waals surface area contributed by atoms with E-state index in [1.807, 2.05) is 0 Å². The van der Waals surface area contributed by atoms with Crippen LogP contribution in [0.15, 0.2) is 12.1 Å². The van der Waals surface area contributed by atoms with Crippen molar-refractivity contribution >= 4 is 5.78 Å². The first-order chi connectivity index (χ1) is 6.43. The van der Waals surface area contributed by atoms with E-state index in [2.05, 4.69) is 0 Å². The third-order valence-corrected chi connectivity index (χ3v) is 1.91. The minimum Gasteiger partial charge on any atom is -0.294 e. The van der Waals surface area contributed by atoms with Gasteiger partial charge in [0.15, 0.2) is 5.78 Å². The molecule has 0 aliphatic heterocycles. The predicted molar refractivity (Wildman–Crippen MR) is 46.1 cm³/mol. The van der Waals surface area contributed by atoms with Crippen LogP contribution in [0.5, 0.6) is 0 Å². The fourth-order valence-electron chi connectivity index (χ4n) is 1.34. The number of halogens is 3. The van der Waals surface area contributed by atoms with E-state index in [9.17, 15) is 18.0 Å². The van der Waals surface area contributed by atoms with Crippen LogP contribution < -0.4 is 0 Å². The van der Waals surface area contributed by atoms with Crippen LogP contribution >= 0.6 is 0 Å². The van der Waals surface area contributed by atoms with Crippen LogP contribution in [-0.2, 0) is 0 Å². The van der Waals surface area contributed by atoms with Crippen molar-refractivity contribution in [1.82, 2.24) is 0 Å². The van der Waals surface area contributed by atoms with Crippen LogP contribution in [0.3, 0.4) is 0 Å². The maximum Gasteiger partial charge on any atom is 0.263 e. The number of hydrogen-bond acceptors (Lipinski definition) is 1. The highest BCUT2D eigenvalue weighted by Crippen LogP contribution is 2.24. The van der Waals surface area contributed by atoms with Crippen LogP contribution in [-0.4, -0.2) is 5.78 Å². The average molecular weight is 202 g/mol. The summed E-state index contributed by atoms with van der Waals surface area (Å²) in [4.78, 5) is 10.9. The molecular formula is C10H9F3O. The van der Waals surface area contributed by atoms with Crippen LogP contribution in [0.25, 0.3) is 0 Å². The molecule has 0 radical (unpaired) electrons. The van der Waals surface area contributed by atoms with Gasteiger partial charge in [-0.05, 0) is 31.5 Å². The second-order valence-corrected chi connectivity index (χ2v) is 3.05. The Morgan fingerprint density at radius 2 is 1.93 bits per heavy atom. The molecule has 0 atom stereocenters. The van der Waals surface area contributed by atoms with Gasteiger partial charge in [-0.1, -0.05) is 0 Å². The lowest BCUT2D eigenvalue weighted by Crippen LogP contribution is -2.02. The van der Waals surface area contributed by atoms with Gasteiger partial charge in [-0.2, -0.15) is 0 Å². The van der Waals surface area contributed by atoms with Crippen molar-refractivity contribution in [1.29, 1.82) is 0 Å². The van der Waals surface area contributed by atoms with Crippen molar-refractivity contribution < 1.29 is 18.0 Å². The van der Waals surface area contributed by atoms with Gasteiger partial charge >= 0.3 is 0 Å². The summed E-state index contributed by atoms with van der Waals surface area (Å²) in [7, 11) is 0. The number of alkyl halides is 2. The van der Waals surface area contributed by atoms with Crippen LogP contribution in [0, 0.1) is 12.7 Å². The summed E-state index contributed by atoms with van der Waals surface area (Å²) in [5, 5.41) is 0. The summed E-state index contributed by atoms with van der Waals surface area (Å²) in [6, 6.07) is 1.83. The number of benzene rings is 1. The van der Waals surface area contributed by atoms with Gasteiger partial charge in [0.25, 0.3) is 6.43 Å². The smallest absolute Gasteiger partial charge is 0.263 e. The lowest BCUT2D eigenvalue weighted by atomic mass is 10.0. The quantitative estimate of drug-likeness (QED) is 0.672. The molecule has 0 N–H and O–H groups in total. The highest BCUT2D eigenvalue weighted by atomic mass is 19.3. The molecule has 0 aliphatic carbocycles. The van der Waals surface area contributed by atoms with Crippen molar-refractivity contribution in [3.05, 3.63) is 34.6 Å². The van der Waals surface area contributed by atoms with Gasteiger partial charge < -0.3 is 0 Å². The first kappa shape index (κ1) is 10.8. The Morgan fingerprint density at radius 1 is 1.36 bits per heavy atom. The Balaban J connectivity index is 3.32. The molecule has 1 aromatic rings. The van der Waals surface area contributed by atoms with Crippen LogP contribution in [0.4, 0.5) is 13.2 Å². The number of carbonyl (C=O) groups excluding carboxylic acids is 1. The summed E-state index contributed by atoms with van der Waals surface area (Å²) < 4.78 is 37.6. The lowest BCUT2D eigenvalue weighted by Gasteiger charge is -2.06. The largest absolute Gasteiger partial charge is 0.294 e. The Hall–Kier alpha value is -1.32. The fraction of sp³-hybridized carbons (Fsp3) is 0.300. The predicted octanol–water partition coefficient (Wildman–Crippen LogP) is 3.27. The summed E-state index contributed by atoms with van der Waals surface area (Å²) in [6.07, 6.45) is -2.72. The zero-order chi connectivity index (χ0) is 10.9. The normalized spacial score (nSPS) is 10.7. The topological polar surface area (TPSA) is 17.1 Å². The molecular weight excluding hydrogens is 193 g/mol. The fourth-order valence-corrected chi connectivity index (χ4v) is 1.34. The van der Waals surface area contributed by atoms with Crippen molar-refractivity contribution in [2.75, 3.05) is 0 Å². The number of Topliss-reactive ketones (excluding diaryl/α,β-unsaturated/α-hetero) is 1. The molecule has 0 heterocycles. The minimum atomic E-state index is -2.72. The Bertz CT molecular complexity index is 349. The summed E-state index contributed by atoms with van der Waals surface area (Å²) in [6.45, 7) is 2.64. The zero-order valence-corrected chi connectivity index (χ0v) is 7.77. The minimum absolute atomic E-state index is 0.116. The van der Waals surface area contributed by atoms with E-state index < -0.39 is 23.6 Å². The molecule has 0 spiro atoms. The van der Waals surface area contributed by atoms with Crippen molar-refractivity contribution in [2.24, 2.45) is 0 Å². The molecule has 4 heteroatoms. The molecule has 14 heavy (non-hydrogen) atoms. The number of hydrogen-bond donors (Lipinski definition) is 0. The number of ketones is 1. The third kappa shape index (κ3) is 1.95. The van der Waals surface area contributed by atoms with Gasteiger partial charge in [-0.3, -0.25) is 4.79 Å².